The Bertz CT molecular complexity index is 897. The van der Waals surface area contributed by atoms with E-state index in [1.54, 1.807) is 6.92 Å². The molecule has 3 unspecified atom stereocenters. The first kappa shape index (κ1) is 20.3. The fourth-order valence-corrected chi connectivity index (χ4v) is 3.82. The molecule has 1 aliphatic rings. The second-order valence-electron chi connectivity index (χ2n) is 6.87. The van der Waals surface area contributed by atoms with Crippen molar-refractivity contribution in [3.8, 4) is 11.8 Å². The van der Waals surface area contributed by atoms with E-state index in [1.165, 1.54) is 16.9 Å². The van der Waals surface area contributed by atoms with Gasteiger partial charge < -0.3 is 9.47 Å². The van der Waals surface area contributed by atoms with E-state index in [4.69, 9.17) is 21.1 Å². The Morgan fingerprint density at radius 1 is 1.29 bits per heavy atom. The molecule has 9 heteroatoms. The van der Waals surface area contributed by atoms with Gasteiger partial charge in [-0.2, -0.15) is 5.10 Å². The molecule has 2 aromatic rings. The van der Waals surface area contributed by atoms with E-state index in [0.717, 1.165) is 30.7 Å². The van der Waals surface area contributed by atoms with E-state index >= 15 is 0 Å². The molecule has 1 saturated carbocycles. The molecule has 2 aromatic heterocycles. The Hall–Kier alpha value is -2.48. The van der Waals surface area contributed by atoms with Crippen LogP contribution in [-0.2, 0) is 9.53 Å². The number of carbonyl (C=O) groups excluding carboxylic acids is 1. The summed E-state index contributed by atoms with van der Waals surface area (Å²) in [6.45, 7) is 5.39. The number of ether oxygens (including phenoxy) is 2. The molecule has 8 nitrogen and oxygen atoms in total. The van der Waals surface area contributed by atoms with Crippen LogP contribution in [0.4, 0.5) is 0 Å². The van der Waals surface area contributed by atoms with Gasteiger partial charge in [0, 0.05) is 29.8 Å². The van der Waals surface area contributed by atoms with Crippen LogP contribution in [0.15, 0.2) is 23.1 Å². The van der Waals surface area contributed by atoms with Gasteiger partial charge in [0.2, 0.25) is 0 Å². The molecule has 1 aliphatic carbocycles. The van der Waals surface area contributed by atoms with Crippen molar-refractivity contribution in [2.45, 2.75) is 58.1 Å². The highest BCUT2D eigenvalue weighted by molar-refractivity contribution is 6.20. The van der Waals surface area contributed by atoms with Crippen molar-refractivity contribution < 1.29 is 14.3 Å². The molecular weight excluding hydrogens is 384 g/mol. The molecule has 0 aliphatic heterocycles. The number of nitrogens with zero attached hydrogens (tertiary/aromatic N) is 4. The Kier molecular flexibility index (Phi) is 6.28. The van der Waals surface area contributed by atoms with Crippen LogP contribution in [0.5, 0.6) is 11.8 Å². The molecular formula is C19H23ClN4O4. The zero-order valence-corrected chi connectivity index (χ0v) is 16.8. The smallest absolute Gasteiger partial charge is 0.322 e. The third-order valence-electron chi connectivity index (χ3n) is 4.69. The first-order valence-corrected chi connectivity index (χ1v) is 9.73. The number of halogens is 1. The summed E-state index contributed by atoms with van der Waals surface area (Å²) in [6.07, 6.45) is 4.10. The standard InChI is InChI=1S/C19H23ClN4O4/c1-4-17(26)28-18(20)14-6-5-7-15(14)24-16(25)9-13(10-21-24)27-19-22-11(2)8-12(3)23-19/h8-10,14-15,18H,4-7H2,1-3H3. The van der Waals surface area contributed by atoms with Gasteiger partial charge in [-0.15, -0.1) is 0 Å². The minimum atomic E-state index is -0.784. The molecule has 3 rings (SSSR count). The van der Waals surface area contributed by atoms with E-state index in [2.05, 4.69) is 15.1 Å². The van der Waals surface area contributed by atoms with E-state index < -0.39 is 5.56 Å². The fraction of sp³-hybridized carbons (Fsp3) is 0.526. The monoisotopic (exact) mass is 406 g/mol. The molecule has 28 heavy (non-hydrogen) atoms. The van der Waals surface area contributed by atoms with Gasteiger partial charge >= 0.3 is 12.0 Å². The Morgan fingerprint density at radius 2 is 2.00 bits per heavy atom. The summed E-state index contributed by atoms with van der Waals surface area (Å²) in [7, 11) is 0. The molecule has 0 amide bonds. The highest BCUT2D eigenvalue weighted by Gasteiger charge is 2.37. The van der Waals surface area contributed by atoms with Gasteiger partial charge in [0.15, 0.2) is 11.3 Å². The topological polar surface area (TPSA) is 96.2 Å². The van der Waals surface area contributed by atoms with Crippen LogP contribution >= 0.6 is 11.6 Å². The van der Waals surface area contributed by atoms with Gasteiger partial charge in [0.05, 0.1) is 12.2 Å². The lowest BCUT2D eigenvalue weighted by atomic mass is 10.0. The maximum Gasteiger partial charge on any atom is 0.322 e. The third kappa shape index (κ3) is 4.67. The zero-order chi connectivity index (χ0) is 20.3. The summed E-state index contributed by atoms with van der Waals surface area (Å²) < 4.78 is 12.2. The van der Waals surface area contributed by atoms with Crippen LogP contribution < -0.4 is 10.3 Å². The van der Waals surface area contributed by atoms with Gasteiger partial charge in [-0.05, 0) is 32.8 Å². The van der Waals surface area contributed by atoms with Gasteiger partial charge in [0.25, 0.3) is 5.56 Å². The molecule has 0 spiro atoms. The summed E-state index contributed by atoms with van der Waals surface area (Å²) in [4.78, 5) is 32.6. The molecule has 2 heterocycles. The summed E-state index contributed by atoms with van der Waals surface area (Å²) in [5.74, 6) is -0.263. The first-order valence-electron chi connectivity index (χ1n) is 9.30. The van der Waals surface area contributed by atoms with E-state index in [9.17, 15) is 9.59 Å². The van der Waals surface area contributed by atoms with Crippen molar-refractivity contribution in [2.75, 3.05) is 0 Å². The number of rotatable bonds is 6. The van der Waals surface area contributed by atoms with Crippen molar-refractivity contribution in [1.82, 2.24) is 19.7 Å². The lowest BCUT2D eigenvalue weighted by Crippen LogP contribution is -2.33. The number of carbonyl (C=O) groups is 1. The number of aromatic nitrogens is 4. The minimum absolute atomic E-state index is 0.169. The Balaban J connectivity index is 1.78. The third-order valence-corrected chi connectivity index (χ3v) is 5.10. The van der Waals surface area contributed by atoms with Gasteiger partial charge in [-0.25, -0.2) is 14.6 Å². The number of alkyl halides is 1. The SMILES string of the molecule is CCC(=O)OC(Cl)C1CCCC1n1ncc(Oc2nc(C)cc(C)n2)cc1=O. The minimum Gasteiger partial charge on any atom is -0.446 e. The van der Waals surface area contributed by atoms with Gasteiger partial charge in [-0.3, -0.25) is 9.59 Å². The zero-order valence-electron chi connectivity index (χ0n) is 16.1. The molecule has 0 aromatic carbocycles. The van der Waals surface area contributed by atoms with Crippen LogP contribution in [0.2, 0.25) is 0 Å². The molecule has 3 atom stereocenters. The second-order valence-corrected chi connectivity index (χ2v) is 7.30. The predicted molar refractivity (Wildman–Crippen MR) is 102 cm³/mol. The maximum absolute atomic E-state index is 12.6. The molecule has 1 fully saturated rings. The largest absolute Gasteiger partial charge is 0.446 e. The summed E-state index contributed by atoms with van der Waals surface area (Å²) in [5.41, 5.74) is 0.442. The molecule has 150 valence electrons. The average molecular weight is 407 g/mol. The van der Waals surface area contributed by atoms with Crippen molar-refractivity contribution >= 4 is 17.6 Å². The fourth-order valence-electron chi connectivity index (χ4n) is 3.43. The molecule has 0 radical (unpaired) electrons. The number of aryl methyl sites for hydroxylation is 2. The van der Waals surface area contributed by atoms with Crippen LogP contribution in [0.1, 0.15) is 50.0 Å². The first-order chi connectivity index (χ1) is 13.4. The highest BCUT2D eigenvalue weighted by Crippen LogP contribution is 2.39. The van der Waals surface area contributed by atoms with Gasteiger partial charge in [0.1, 0.15) is 0 Å². The lowest BCUT2D eigenvalue weighted by molar-refractivity contribution is -0.147. The van der Waals surface area contributed by atoms with Crippen LogP contribution in [0.25, 0.3) is 0 Å². The normalized spacial score (nSPS) is 20.0. The predicted octanol–water partition coefficient (Wildman–Crippen LogP) is 3.30. The van der Waals surface area contributed by atoms with Crippen molar-refractivity contribution in [3.05, 3.63) is 40.1 Å². The summed E-state index contributed by atoms with van der Waals surface area (Å²) in [6, 6.07) is 3.12. The number of hydrogen-bond donors (Lipinski definition) is 0. The average Bonchev–Trinajstić information content (AvgIpc) is 3.10. The summed E-state index contributed by atoms with van der Waals surface area (Å²) >= 11 is 6.30. The van der Waals surface area contributed by atoms with Crippen molar-refractivity contribution in [1.29, 1.82) is 0 Å². The van der Waals surface area contributed by atoms with Crippen molar-refractivity contribution in [2.24, 2.45) is 5.92 Å². The highest BCUT2D eigenvalue weighted by atomic mass is 35.5. The Morgan fingerprint density at radius 3 is 2.64 bits per heavy atom. The van der Waals surface area contributed by atoms with E-state index in [0.29, 0.717) is 0 Å². The van der Waals surface area contributed by atoms with Crippen LogP contribution in [0.3, 0.4) is 0 Å². The summed E-state index contributed by atoms with van der Waals surface area (Å²) in [5, 5.41) is 4.26. The van der Waals surface area contributed by atoms with Gasteiger partial charge in [-0.1, -0.05) is 24.9 Å². The maximum atomic E-state index is 12.6. The molecule has 0 saturated heterocycles. The van der Waals surface area contributed by atoms with Crippen molar-refractivity contribution in [3.63, 3.8) is 0 Å². The number of hydrogen-bond acceptors (Lipinski definition) is 7. The van der Waals surface area contributed by atoms with E-state index in [1.807, 2.05) is 19.9 Å². The van der Waals surface area contributed by atoms with Crippen LogP contribution in [0, 0.1) is 19.8 Å². The van der Waals surface area contributed by atoms with E-state index in [-0.39, 0.29) is 41.7 Å². The Labute approximate surface area is 167 Å². The quantitative estimate of drug-likeness (QED) is 0.536. The lowest BCUT2D eigenvalue weighted by Gasteiger charge is -2.24. The number of esters is 1. The molecule has 0 bridgehead atoms. The second kappa shape index (κ2) is 8.68. The molecule has 0 N–H and O–H groups in total. The van der Waals surface area contributed by atoms with Crippen LogP contribution in [-0.4, -0.2) is 31.3 Å².